The molecule has 0 aromatic carbocycles. The van der Waals surface area contributed by atoms with Crippen LogP contribution >= 0.6 is 0 Å². The first-order chi connectivity index (χ1) is 4.30. The summed E-state index contributed by atoms with van der Waals surface area (Å²) >= 11 is 0. The predicted molar refractivity (Wildman–Crippen MR) is 31.6 cm³/mol. The molecule has 0 saturated heterocycles. The van der Waals surface area contributed by atoms with E-state index in [0.717, 1.165) is 0 Å². The maximum Gasteiger partial charge on any atom is 0.493 e. The van der Waals surface area contributed by atoms with Crippen molar-refractivity contribution in [2.75, 3.05) is 0 Å². The molecule has 0 aliphatic heterocycles. The average molecular weight is 250 g/mol. The first-order valence-corrected chi connectivity index (χ1v) is 2.57. The Morgan fingerprint density at radius 1 is 1.20 bits per heavy atom. The molecule has 1 aromatic heterocycles. The van der Waals surface area contributed by atoms with Gasteiger partial charge in [0.15, 0.2) is 0 Å². The number of hydrogen-bond acceptors (Lipinski definition) is 1. The molecule has 4 heteroatoms. The largest absolute Gasteiger partial charge is 1.00 e. The van der Waals surface area contributed by atoms with Gasteiger partial charge in [-0.25, -0.2) is 0 Å². The topological polar surface area (TPSA) is 47.0 Å². The van der Waals surface area contributed by atoms with Crippen LogP contribution in [0, 0.1) is 0 Å². The van der Waals surface area contributed by atoms with E-state index in [9.17, 15) is 4.79 Å². The molecule has 0 unspecified atom stereocenters. The molecule has 3 nitrogen and oxygen atoms in total. The number of aromatic nitrogens is 1. The highest BCUT2D eigenvalue weighted by Gasteiger charge is 2.00. The molecule has 0 fully saturated rings. The minimum absolute atomic E-state index is 0. The zero-order valence-corrected chi connectivity index (χ0v) is 7.36. The van der Waals surface area contributed by atoms with Crippen molar-refractivity contribution < 1.29 is 33.3 Å². The van der Waals surface area contributed by atoms with Gasteiger partial charge in [0.2, 0.25) is 0 Å². The summed E-state index contributed by atoms with van der Waals surface area (Å²) in [5.74, 6) is 0. The number of rotatable bonds is 0. The Hall–Kier alpha value is -0.650. The van der Waals surface area contributed by atoms with Crippen LogP contribution in [0.15, 0.2) is 30.6 Å². The van der Waals surface area contributed by atoms with Gasteiger partial charge in [-0.05, 0) is 12.1 Å². The number of carbonyl (C=O) groups excluding carboxylic acids is 1. The Labute approximate surface area is 75.9 Å². The Balaban J connectivity index is 0.000000810. The lowest BCUT2D eigenvalue weighted by Crippen LogP contribution is -3.00. The molecule has 1 rings (SSSR count). The Morgan fingerprint density at radius 2 is 1.70 bits per heavy atom. The third-order valence-electron chi connectivity index (χ3n) is 0.970. The molecular weight excluding hydrogens is 243 g/mol. The van der Waals surface area contributed by atoms with Gasteiger partial charge >= 0.3 is 6.03 Å². The van der Waals surface area contributed by atoms with E-state index < -0.39 is 6.03 Å². The molecule has 54 valence electrons. The second-order valence-electron chi connectivity index (χ2n) is 1.62. The quantitative estimate of drug-likeness (QED) is 0.385. The molecule has 10 heavy (non-hydrogen) atoms. The summed E-state index contributed by atoms with van der Waals surface area (Å²) in [6.45, 7) is 0. The van der Waals surface area contributed by atoms with E-state index >= 15 is 0 Å². The number of primary amides is 1. The molecule has 0 saturated carbocycles. The number of amides is 1. The SMILES string of the molecule is NC(=O)[n+]1ccccc1.[I-]. The molecule has 2 N–H and O–H groups in total. The highest BCUT2D eigenvalue weighted by atomic mass is 127. The van der Waals surface area contributed by atoms with Crippen molar-refractivity contribution >= 4 is 6.03 Å². The second kappa shape index (κ2) is 4.21. The van der Waals surface area contributed by atoms with E-state index in [1.54, 1.807) is 24.5 Å². The van der Waals surface area contributed by atoms with Gasteiger partial charge in [0.05, 0.1) is 12.4 Å². The van der Waals surface area contributed by atoms with Gasteiger partial charge in [0, 0.05) is 0 Å². The predicted octanol–water partition coefficient (Wildman–Crippen LogP) is -3.10. The standard InChI is InChI=1S/C6H6N2O.HI/c7-6(9)8-4-2-1-3-5-8;/h1-5H,(H-,7,9);1H. The third-order valence-corrected chi connectivity index (χ3v) is 0.970. The maximum absolute atomic E-state index is 10.4. The normalized spacial score (nSPS) is 8.00. The Kier molecular flexibility index (Phi) is 3.94. The third kappa shape index (κ3) is 2.30. The fourth-order valence-electron chi connectivity index (χ4n) is 0.546. The zero-order valence-electron chi connectivity index (χ0n) is 5.20. The van der Waals surface area contributed by atoms with Crippen LogP contribution in [0.4, 0.5) is 4.79 Å². The summed E-state index contributed by atoms with van der Waals surface area (Å²) in [6.07, 6.45) is 3.20. The second-order valence-corrected chi connectivity index (χ2v) is 1.62. The monoisotopic (exact) mass is 250 g/mol. The van der Waals surface area contributed by atoms with Crippen LogP contribution in [0.1, 0.15) is 0 Å². The van der Waals surface area contributed by atoms with Crippen molar-refractivity contribution in [1.29, 1.82) is 0 Å². The summed E-state index contributed by atoms with van der Waals surface area (Å²) < 4.78 is 1.31. The summed E-state index contributed by atoms with van der Waals surface area (Å²) in [6, 6.07) is 4.84. The lowest BCUT2D eigenvalue weighted by Gasteiger charge is -1.86. The molecule has 1 heterocycles. The van der Waals surface area contributed by atoms with Crippen molar-refractivity contribution in [2.24, 2.45) is 5.73 Å². The van der Waals surface area contributed by atoms with Gasteiger partial charge in [-0.15, -0.1) is 0 Å². The Morgan fingerprint density at radius 3 is 2.00 bits per heavy atom. The Bertz CT molecular complexity index is 212. The fraction of sp³-hybridized carbons (Fsp3) is 0. The van der Waals surface area contributed by atoms with Crippen LogP contribution in [-0.2, 0) is 0 Å². The molecule has 0 atom stereocenters. The average Bonchev–Trinajstić information content (AvgIpc) is 1.90. The van der Waals surface area contributed by atoms with Gasteiger partial charge in [-0.2, -0.15) is 9.36 Å². The molecule has 1 amide bonds. The van der Waals surface area contributed by atoms with E-state index in [-0.39, 0.29) is 24.0 Å². The van der Waals surface area contributed by atoms with Crippen LogP contribution in [0.25, 0.3) is 0 Å². The highest BCUT2D eigenvalue weighted by molar-refractivity contribution is 5.61. The van der Waals surface area contributed by atoms with E-state index in [2.05, 4.69) is 0 Å². The molecule has 0 bridgehead atoms. The van der Waals surface area contributed by atoms with Crippen LogP contribution in [-0.4, -0.2) is 6.03 Å². The first kappa shape index (κ1) is 9.35. The molecule has 0 aliphatic carbocycles. The first-order valence-electron chi connectivity index (χ1n) is 2.57. The fourth-order valence-corrected chi connectivity index (χ4v) is 0.546. The van der Waals surface area contributed by atoms with E-state index in [0.29, 0.717) is 0 Å². The van der Waals surface area contributed by atoms with E-state index in [1.165, 1.54) is 4.57 Å². The number of carbonyl (C=O) groups is 1. The lowest BCUT2D eigenvalue weighted by atomic mass is 10.5. The summed E-state index contributed by atoms with van der Waals surface area (Å²) in [7, 11) is 0. The minimum atomic E-state index is -0.462. The summed E-state index contributed by atoms with van der Waals surface area (Å²) in [4.78, 5) is 10.4. The number of halogens is 1. The zero-order chi connectivity index (χ0) is 6.69. The lowest BCUT2D eigenvalue weighted by molar-refractivity contribution is -0.569. The van der Waals surface area contributed by atoms with Gasteiger partial charge in [0.1, 0.15) is 0 Å². The summed E-state index contributed by atoms with van der Waals surface area (Å²) in [5, 5.41) is 0. The van der Waals surface area contributed by atoms with Crippen LogP contribution < -0.4 is 34.3 Å². The molecule has 0 aliphatic rings. The highest BCUT2D eigenvalue weighted by Crippen LogP contribution is 1.74. The van der Waals surface area contributed by atoms with Crippen molar-refractivity contribution in [3.05, 3.63) is 30.6 Å². The van der Waals surface area contributed by atoms with E-state index in [1.807, 2.05) is 6.07 Å². The maximum atomic E-state index is 10.4. The number of hydrogen-bond donors (Lipinski definition) is 1. The van der Waals surface area contributed by atoms with Crippen molar-refractivity contribution in [3.63, 3.8) is 0 Å². The van der Waals surface area contributed by atoms with Gasteiger partial charge in [-0.1, -0.05) is 6.07 Å². The number of pyridine rings is 1. The smallest absolute Gasteiger partial charge is 0.493 e. The van der Waals surface area contributed by atoms with Crippen molar-refractivity contribution in [3.8, 4) is 0 Å². The van der Waals surface area contributed by atoms with Crippen LogP contribution in [0.3, 0.4) is 0 Å². The number of nitrogens with zero attached hydrogens (tertiary/aromatic N) is 1. The molecular formula is C6H7IN2O. The van der Waals surface area contributed by atoms with E-state index in [4.69, 9.17) is 5.73 Å². The van der Waals surface area contributed by atoms with Gasteiger partial charge in [-0.3, -0.25) is 5.73 Å². The molecule has 0 spiro atoms. The molecule has 0 radical (unpaired) electrons. The van der Waals surface area contributed by atoms with Crippen molar-refractivity contribution in [2.45, 2.75) is 0 Å². The minimum Gasteiger partial charge on any atom is -1.00 e. The van der Waals surface area contributed by atoms with Gasteiger partial charge in [0.25, 0.3) is 0 Å². The van der Waals surface area contributed by atoms with Crippen LogP contribution in [0.2, 0.25) is 0 Å². The molecule has 1 aromatic rings. The summed E-state index contributed by atoms with van der Waals surface area (Å²) in [5.41, 5.74) is 4.94. The van der Waals surface area contributed by atoms with Crippen molar-refractivity contribution in [1.82, 2.24) is 0 Å². The number of nitrogens with two attached hydrogens (primary N) is 1. The van der Waals surface area contributed by atoms with Gasteiger partial charge < -0.3 is 24.0 Å². The van der Waals surface area contributed by atoms with Crippen LogP contribution in [0.5, 0.6) is 0 Å².